The summed E-state index contributed by atoms with van der Waals surface area (Å²) in [4.78, 5) is 19.1. The minimum Gasteiger partial charge on any atom is -0.378 e. The third kappa shape index (κ3) is 2.37. The molecule has 0 saturated heterocycles. The van der Waals surface area contributed by atoms with Gasteiger partial charge in [-0.1, -0.05) is 18.2 Å². The molecule has 0 unspecified atom stereocenters. The Hall–Kier alpha value is -2.14. The van der Waals surface area contributed by atoms with Crippen molar-refractivity contribution in [3.05, 3.63) is 57.5 Å². The van der Waals surface area contributed by atoms with Crippen LogP contribution in [0.3, 0.4) is 0 Å². The number of nitrogens with zero attached hydrogens (tertiary/aromatic N) is 1. The fraction of sp³-hybridized carbons (Fsp3) is 0.143. The monoisotopic (exact) mass is 271 g/mol. The third-order valence-corrected chi connectivity index (χ3v) is 3.86. The maximum atomic E-state index is 11.8. The molecule has 2 aromatic heterocycles. The molecule has 0 radical (unpaired) electrons. The van der Waals surface area contributed by atoms with Crippen LogP contribution in [0.15, 0.2) is 40.5 Å². The maximum absolute atomic E-state index is 11.8. The van der Waals surface area contributed by atoms with Crippen LogP contribution in [0.5, 0.6) is 0 Å². The predicted octanol–water partition coefficient (Wildman–Crippen LogP) is 2.91. The number of benzene rings is 1. The first kappa shape index (κ1) is 11.9. The molecule has 1 aromatic carbocycles. The molecule has 0 aliphatic heterocycles. The van der Waals surface area contributed by atoms with Gasteiger partial charge >= 0.3 is 0 Å². The van der Waals surface area contributed by atoms with Crippen molar-refractivity contribution in [2.24, 2.45) is 0 Å². The molecule has 4 nitrogen and oxygen atoms in total. The zero-order chi connectivity index (χ0) is 13.2. The average Bonchev–Trinajstić information content (AvgIpc) is 2.87. The highest BCUT2D eigenvalue weighted by Crippen LogP contribution is 2.16. The minimum absolute atomic E-state index is 0.0680. The number of aromatic nitrogens is 2. The van der Waals surface area contributed by atoms with E-state index < -0.39 is 0 Å². The Bertz CT molecular complexity index is 775. The summed E-state index contributed by atoms with van der Waals surface area (Å²) >= 11 is 1.41. The summed E-state index contributed by atoms with van der Waals surface area (Å²) < 4.78 is 0.680. The van der Waals surface area contributed by atoms with Crippen LogP contribution < -0.4 is 10.9 Å². The Morgan fingerprint density at radius 2 is 2.16 bits per heavy atom. The van der Waals surface area contributed by atoms with Gasteiger partial charge in [-0.25, -0.2) is 4.98 Å². The Morgan fingerprint density at radius 1 is 1.32 bits per heavy atom. The second kappa shape index (κ2) is 4.85. The lowest BCUT2D eigenvalue weighted by molar-refractivity contribution is 0.954. The molecule has 0 bridgehead atoms. The van der Waals surface area contributed by atoms with E-state index in [2.05, 4.69) is 15.3 Å². The first-order chi connectivity index (χ1) is 9.24. The highest BCUT2D eigenvalue weighted by atomic mass is 32.1. The van der Waals surface area contributed by atoms with E-state index in [1.54, 1.807) is 0 Å². The zero-order valence-electron chi connectivity index (χ0n) is 10.4. The second-order valence-corrected chi connectivity index (χ2v) is 5.23. The number of anilines is 1. The van der Waals surface area contributed by atoms with E-state index in [-0.39, 0.29) is 5.56 Å². The normalized spacial score (nSPS) is 10.8. The number of fused-ring (bicyclic) bond motifs is 1. The molecule has 0 aliphatic rings. The smallest absolute Gasteiger partial charge is 0.268 e. The van der Waals surface area contributed by atoms with E-state index in [1.807, 2.05) is 42.6 Å². The van der Waals surface area contributed by atoms with Gasteiger partial charge in [-0.05, 0) is 30.0 Å². The van der Waals surface area contributed by atoms with Gasteiger partial charge in [0.1, 0.15) is 10.5 Å². The second-order valence-electron chi connectivity index (χ2n) is 4.32. The van der Waals surface area contributed by atoms with Crippen LogP contribution in [-0.2, 0) is 6.54 Å². The topological polar surface area (TPSA) is 57.8 Å². The van der Waals surface area contributed by atoms with E-state index in [0.29, 0.717) is 17.1 Å². The lowest BCUT2D eigenvalue weighted by atomic mass is 10.2. The van der Waals surface area contributed by atoms with Crippen LogP contribution in [0, 0.1) is 6.92 Å². The van der Waals surface area contributed by atoms with Crippen molar-refractivity contribution in [3.8, 4) is 0 Å². The molecule has 3 rings (SSSR count). The number of nitrogens with one attached hydrogen (secondary N) is 2. The maximum Gasteiger partial charge on any atom is 0.268 e. The van der Waals surface area contributed by atoms with Crippen LogP contribution in [0.2, 0.25) is 0 Å². The number of aromatic amines is 1. The molecular weight excluding hydrogens is 258 g/mol. The molecule has 5 heteroatoms. The van der Waals surface area contributed by atoms with Gasteiger partial charge < -0.3 is 10.3 Å². The van der Waals surface area contributed by atoms with Crippen LogP contribution in [0.25, 0.3) is 10.2 Å². The summed E-state index contributed by atoms with van der Waals surface area (Å²) in [5.41, 5.74) is 2.91. The average molecular weight is 271 g/mol. The van der Waals surface area contributed by atoms with Crippen molar-refractivity contribution >= 4 is 27.2 Å². The summed E-state index contributed by atoms with van der Waals surface area (Å²) in [6.45, 7) is 2.55. The number of hydrogen-bond acceptors (Lipinski definition) is 4. The quantitative estimate of drug-likeness (QED) is 0.770. The fourth-order valence-electron chi connectivity index (χ4n) is 1.96. The largest absolute Gasteiger partial charge is 0.378 e. The molecule has 2 N–H and O–H groups in total. The highest BCUT2D eigenvalue weighted by molar-refractivity contribution is 7.17. The van der Waals surface area contributed by atoms with E-state index in [0.717, 1.165) is 11.2 Å². The number of rotatable bonds is 3. The van der Waals surface area contributed by atoms with Crippen LogP contribution in [0.4, 0.5) is 5.69 Å². The standard InChI is InChI=1S/C14H13N3OS/c1-9-4-2-3-5-10(9)15-8-12-16-11-6-7-19-13(11)14(18)17-12/h2-7,15H,8H2,1H3,(H,16,17,18). The van der Waals surface area contributed by atoms with Crippen molar-refractivity contribution in [2.75, 3.05) is 5.32 Å². The molecule has 19 heavy (non-hydrogen) atoms. The molecule has 3 aromatic rings. The molecule has 0 atom stereocenters. The first-order valence-corrected chi connectivity index (χ1v) is 6.88. The molecule has 96 valence electrons. The number of para-hydroxylation sites is 1. The van der Waals surface area contributed by atoms with Gasteiger partial charge in [-0.2, -0.15) is 0 Å². The summed E-state index contributed by atoms with van der Waals surface area (Å²) in [7, 11) is 0. The number of hydrogen-bond donors (Lipinski definition) is 2. The van der Waals surface area contributed by atoms with Gasteiger partial charge in [0.15, 0.2) is 0 Å². The van der Waals surface area contributed by atoms with Crippen molar-refractivity contribution in [3.63, 3.8) is 0 Å². The Labute approximate surface area is 114 Å². The summed E-state index contributed by atoms with van der Waals surface area (Å²) in [6.07, 6.45) is 0. The Kier molecular flexibility index (Phi) is 3.05. The van der Waals surface area contributed by atoms with Crippen LogP contribution in [-0.4, -0.2) is 9.97 Å². The van der Waals surface area contributed by atoms with Gasteiger partial charge in [0, 0.05) is 5.69 Å². The van der Waals surface area contributed by atoms with Crippen molar-refractivity contribution in [2.45, 2.75) is 13.5 Å². The van der Waals surface area contributed by atoms with E-state index in [9.17, 15) is 4.79 Å². The van der Waals surface area contributed by atoms with Crippen molar-refractivity contribution < 1.29 is 0 Å². The SMILES string of the molecule is Cc1ccccc1NCc1nc2ccsc2c(=O)[nH]1. The molecule has 0 saturated carbocycles. The third-order valence-electron chi connectivity index (χ3n) is 2.96. The first-order valence-electron chi connectivity index (χ1n) is 6.00. The number of aryl methyl sites for hydroxylation is 1. The van der Waals surface area contributed by atoms with Gasteiger partial charge in [0.05, 0.1) is 12.1 Å². The van der Waals surface area contributed by atoms with E-state index in [1.165, 1.54) is 16.9 Å². The number of H-pyrrole nitrogens is 1. The molecule has 0 aliphatic carbocycles. The summed E-state index contributed by atoms with van der Waals surface area (Å²) in [6, 6.07) is 9.90. The van der Waals surface area contributed by atoms with Gasteiger partial charge in [-0.3, -0.25) is 4.79 Å². The summed E-state index contributed by atoms with van der Waals surface area (Å²) in [5.74, 6) is 0.652. The fourth-order valence-corrected chi connectivity index (χ4v) is 2.68. The lowest BCUT2D eigenvalue weighted by Crippen LogP contribution is -2.13. The molecule has 2 heterocycles. The van der Waals surface area contributed by atoms with Gasteiger partial charge in [-0.15, -0.1) is 11.3 Å². The number of thiophene rings is 1. The molecule has 0 spiro atoms. The lowest BCUT2D eigenvalue weighted by Gasteiger charge is -2.08. The van der Waals surface area contributed by atoms with Gasteiger partial charge in [0.25, 0.3) is 5.56 Å². The van der Waals surface area contributed by atoms with Crippen LogP contribution in [0.1, 0.15) is 11.4 Å². The molecule has 0 fully saturated rings. The summed E-state index contributed by atoms with van der Waals surface area (Å²) in [5, 5.41) is 5.16. The zero-order valence-corrected chi connectivity index (χ0v) is 11.3. The molecular formula is C14H13N3OS. The minimum atomic E-state index is -0.0680. The Balaban J connectivity index is 1.86. The highest BCUT2D eigenvalue weighted by Gasteiger charge is 2.05. The Morgan fingerprint density at radius 3 is 3.00 bits per heavy atom. The van der Waals surface area contributed by atoms with Crippen molar-refractivity contribution in [1.82, 2.24) is 9.97 Å². The van der Waals surface area contributed by atoms with Crippen LogP contribution >= 0.6 is 11.3 Å². The van der Waals surface area contributed by atoms with Crippen molar-refractivity contribution in [1.29, 1.82) is 0 Å². The van der Waals surface area contributed by atoms with E-state index in [4.69, 9.17) is 0 Å². The van der Waals surface area contributed by atoms with E-state index >= 15 is 0 Å². The molecule has 0 amide bonds. The van der Waals surface area contributed by atoms with Gasteiger partial charge in [0.2, 0.25) is 0 Å². The predicted molar refractivity (Wildman–Crippen MR) is 78.7 cm³/mol.